The lowest BCUT2D eigenvalue weighted by Crippen LogP contribution is -2.07. The van der Waals surface area contributed by atoms with E-state index in [9.17, 15) is 13.2 Å². The number of alkyl halides is 3. The zero-order valence-electron chi connectivity index (χ0n) is 8.04. The highest BCUT2D eigenvalue weighted by Crippen LogP contribution is 2.37. The standard InChI is InChI=1S/C10H11F3O2/c1-6(5-14)7-2-3-9(15)8(4-7)10(11,12)13/h2-4,6,14-15H,5H2,1H3. The average molecular weight is 220 g/mol. The third kappa shape index (κ3) is 2.62. The number of hydrogen-bond acceptors (Lipinski definition) is 2. The van der Waals surface area contributed by atoms with Gasteiger partial charge in [-0.2, -0.15) is 13.2 Å². The summed E-state index contributed by atoms with van der Waals surface area (Å²) in [5.41, 5.74) is -0.720. The molecule has 0 radical (unpaired) electrons. The minimum Gasteiger partial charge on any atom is -0.507 e. The number of rotatable bonds is 2. The number of aliphatic hydroxyl groups is 1. The fourth-order valence-corrected chi connectivity index (χ4v) is 1.19. The molecule has 15 heavy (non-hydrogen) atoms. The van der Waals surface area contributed by atoms with E-state index in [1.165, 1.54) is 6.07 Å². The SMILES string of the molecule is CC(CO)c1ccc(O)c(C(F)(F)F)c1. The Balaban J connectivity index is 3.17. The molecule has 2 N–H and O–H groups in total. The molecule has 1 aromatic rings. The average Bonchev–Trinajstić information content (AvgIpc) is 2.15. The molecule has 2 nitrogen and oxygen atoms in total. The normalized spacial score (nSPS) is 13.9. The third-order valence-corrected chi connectivity index (χ3v) is 2.17. The molecule has 84 valence electrons. The first-order valence-electron chi connectivity index (χ1n) is 4.37. The molecule has 1 unspecified atom stereocenters. The van der Waals surface area contributed by atoms with Crippen LogP contribution in [0.4, 0.5) is 13.2 Å². The number of benzene rings is 1. The summed E-state index contributed by atoms with van der Waals surface area (Å²) in [4.78, 5) is 0. The van der Waals surface area contributed by atoms with Gasteiger partial charge in [-0.3, -0.25) is 0 Å². The minimum absolute atomic E-state index is 0.234. The van der Waals surface area contributed by atoms with E-state index < -0.39 is 17.5 Å². The zero-order valence-corrected chi connectivity index (χ0v) is 8.04. The molecule has 0 fully saturated rings. The highest BCUT2D eigenvalue weighted by atomic mass is 19.4. The van der Waals surface area contributed by atoms with Crippen LogP contribution in [0.3, 0.4) is 0 Å². The summed E-state index contributed by atoms with van der Waals surface area (Å²) in [5, 5.41) is 17.9. The zero-order chi connectivity index (χ0) is 11.6. The largest absolute Gasteiger partial charge is 0.507 e. The summed E-state index contributed by atoms with van der Waals surface area (Å²) in [6.45, 7) is 1.37. The Hall–Kier alpha value is -1.23. The van der Waals surface area contributed by atoms with Gasteiger partial charge in [-0.05, 0) is 17.7 Å². The Bertz CT molecular complexity index is 347. The molecular weight excluding hydrogens is 209 g/mol. The lowest BCUT2D eigenvalue weighted by molar-refractivity contribution is -0.138. The Morgan fingerprint density at radius 2 is 1.93 bits per heavy atom. The summed E-state index contributed by atoms with van der Waals surface area (Å²) in [6, 6.07) is 3.21. The Labute approximate surface area is 85.0 Å². The minimum atomic E-state index is -4.57. The van der Waals surface area contributed by atoms with Gasteiger partial charge in [0.15, 0.2) is 0 Å². The number of halogens is 3. The fourth-order valence-electron chi connectivity index (χ4n) is 1.19. The highest BCUT2D eigenvalue weighted by Gasteiger charge is 2.34. The smallest absolute Gasteiger partial charge is 0.419 e. The molecule has 1 aromatic carbocycles. The first kappa shape index (κ1) is 11.8. The van der Waals surface area contributed by atoms with Gasteiger partial charge in [-0.25, -0.2) is 0 Å². The van der Waals surface area contributed by atoms with Crippen LogP contribution in [0.25, 0.3) is 0 Å². The van der Waals surface area contributed by atoms with Crippen LogP contribution in [0.2, 0.25) is 0 Å². The first-order chi connectivity index (χ1) is 6.86. The number of hydrogen-bond donors (Lipinski definition) is 2. The van der Waals surface area contributed by atoms with Gasteiger partial charge < -0.3 is 10.2 Å². The monoisotopic (exact) mass is 220 g/mol. The van der Waals surface area contributed by atoms with Crippen molar-refractivity contribution < 1.29 is 23.4 Å². The Morgan fingerprint density at radius 3 is 2.40 bits per heavy atom. The summed E-state index contributed by atoms with van der Waals surface area (Å²) < 4.78 is 37.1. The molecule has 0 aliphatic rings. The predicted molar refractivity (Wildman–Crippen MR) is 48.6 cm³/mol. The van der Waals surface area contributed by atoms with E-state index in [0.717, 1.165) is 12.1 Å². The van der Waals surface area contributed by atoms with E-state index in [-0.39, 0.29) is 12.5 Å². The van der Waals surface area contributed by atoms with Crippen LogP contribution in [0.5, 0.6) is 5.75 Å². The van der Waals surface area contributed by atoms with Gasteiger partial charge in [0.05, 0.1) is 5.56 Å². The van der Waals surface area contributed by atoms with Crippen molar-refractivity contribution in [1.29, 1.82) is 0 Å². The molecule has 1 atom stereocenters. The number of phenols is 1. The van der Waals surface area contributed by atoms with Gasteiger partial charge in [0.25, 0.3) is 0 Å². The van der Waals surface area contributed by atoms with E-state index in [0.29, 0.717) is 5.56 Å². The maximum atomic E-state index is 12.4. The van der Waals surface area contributed by atoms with Gasteiger partial charge in [0, 0.05) is 12.5 Å². The van der Waals surface area contributed by atoms with Gasteiger partial charge in [-0.15, -0.1) is 0 Å². The topological polar surface area (TPSA) is 40.5 Å². The molecule has 0 saturated heterocycles. The van der Waals surface area contributed by atoms with Crippen molar-refractivity contribution in [1.82, 2.24) is 0 Å². The number of aliphatic hydroxyl groups excluding tert-OH is 1. The second-order valence-electron chi connectivity index (χ2n) is 3.36. The van der Waals surface area contributed by atoms with E-state index >= 15 is 0 Å². The molecule has 1 rings (SSSR count). The molecule has 0 spiro atoms. The van der Waals surface area contributed by atoms with Crippen LogP contribution in [0.15, 0.2) is 18.2 Å². The van der Waals surface area contributed by atoms with Crippen LogP contribution < -0.4 is 0 Å². The van der Waals surface area contributed by atoms with E-state index in [1.807, 2.05) is 0 Å². The van der Waals surface area contributed by atoms with Crippen molar-refractivity contribution in [3.05, 3.63) is 29.3 Å². The van der Waals surface area contributed by atoms with E-state index in [4.69, 9.17) is 10.2 Å². The first-order valence-corrected chi connectivity index (χ1v) is 4.37. The summed E-state index contributed by atoms with van der Waals surface area (Å²) in [6.07, 6.45) is -4.57. The number of aromatic hydroxyl groups is 1. The maximum absolute atomic E-state index is 12.4. The third-order valence-electron chi connectivity index (χ3n) is 2.17. The molecule has 0 saturated carbocycles. The molecule has 0 bridgehead atoms. The van der Waals surface area contributed by atoms with Crippen LogP contribution in [0, 0.1) is 0 Å². The lowest BCUT2D eigenvalue weighted by Gasteiger charge is -2.13. The molecule has 0 aliphatic carbocycles. The fraction of sp³-hybridized carbons (Fsp3) is 0.400. The molecule has 0 aliphatic heterocycles. The summed E-state index contributed by atoms with van der Waals surface area (Å²) in [7, 11) is 0. The van der Waals surface area contributed by atoms with Crippen molar-refractivity contribution in [2.45, 2.75) is 19.0 Å². The van der Waals surface area contributed by atoms with Crippen molar-refractivity contribution in [3.8, 4) is 5.75 Å². The second-order valence-corrected chi connectivity index (χ2v) is 3.36. The summed E-state index contributed by atoms with van der Waals surface area (Å²) >= 11 is 0. The second kappa shape index (κ2) is 4.10. The van der Waals surface area contributed by atoms with Gasteiger partial charge in [-0.1, -0.05) is 13.0 Å². The van der Waals surface area contributed by atoms with Crippen LogP contribution in [0.1, 0.15) is 24.0 Å². The van der Waals surface area contributed by atoms with E-state index in [2.05, 4.69) is 0 Å². The van der Waals surface area contributed by atoms with E-state index in [1.54, 1.807) is 6.92 Å². The van der Waals surface area contributed by atoms with Gasteiger partial charge in [0.2, 0.25) is 0 Å². The van der Waals surface area contributed by atoms with Crippen LogP contribution in [-0.2, 0) is 6.18 Å². The van der Waals surface area contributed by atoms with Crippen molar-refractivity contribution in [2.24, 2.45) is 0 Å². The summed E-state index contributed by atoms with van der Waals surface area (Å²) in [5.74, 6) is -1.18. The van der Waals surface area contributed by atoms with Gasteiger partial charge >= 0.3 is 6.18 Å². The highest BCUT2D eigenvalue weighted by molar-refractivity contribution is 5.39. The lowest BCUT2D eigenvalue weighted by atomic mass is 9.99. The quantitative estimate of drug-likeness (QED) is 0.803. The molecule has 5 heteroatoms. The van der Waals surface area contributed by atoms with Gasteiger partial charge in [0.1, 0.15) is 5.75 Å². The molecule has 0 aromatic heterocycles. The van der Waals surface area contributed by atoms with Crippen LogP contribution >= 0.6 is 0 Å². The Morgan fingerprint density at radius 1 is 1.33 bits per heavy atom. The van der Waals surface area contributed by atoms with Crippen molar-refractivity contribution in [3.63, 3.8) is 0 Å². The van der Waals surface area contributed by atoms with Crippen LogP contribution in [-0.4, -0.2) is 16.8 Å². The Kier molecular flexibility index (Phi) is 3.24. The maximum Gasteiger partial charge on any atom is 0.419 e. The van der Waals surface area contributed by atoms with Crippen molar-refractivity contribution >= 4 is 0 Å². The molecule has 0 heterocycles. The number of phenolic OH excluding ortho intramolecular Hbond substituents is 1. The molecule has 0 amide bonds. The predicted octanol–water partition coefficient (Wildman–Crippen LogP) is 2.51. The molecular formula is C10H11F3O2. The van der Waals surface area contributed by atoms with Crippen molar-refractivity contribution in [2.75, 3.05) is 6.61 Å².